The number of halogens is 6. The normalized spacial score (nSPS) is 11.8. The number of alkyl halides is 6. The van der Waals surface area contributed by atoms with Crippen molar-refractivity contribution >= 4 is 17.3 Å². The topological polar surface area (TPSA) is 99.3 Å². The number of benzene rings is 2. The van der Waals surface area contributed by atoms with Gasteiger partial charge < -0.3 is 10.1 Å². The van der Waals surface area contributed by atoms with Gasteiger partial charge in [0.05, 0.1) is 22.2 Å². The summed E-state index contributed by atoms with van der Waals surface area (Å²) in [5.41, 5.74) is -2.92. The lowest BCUT2D eigenvalue weighted by molar-refractivity contribution is -0.384. The van der Waals surface area contributed by atoms with Gasteiger partial charge in [0.2, 0.25) is 5.91 Å². The lowest BCUT2D eigenvalue weighted by atomic mass is 10.2. The number of anilines is 1. The van der Waals surface area contributed by atoms with E-state index in [0.29, 0.717) is 12.1 Å². The van der Waals surface area contributed by atoms with Crippen LogP contribution in [0.3, 0.4) is 0 Å². The third-order valence-corrected chi connectivity index (χ3v) is 4.02. The molecule has 1 N–H and O–H groups in total. The fourth-order valence-electron chi connectivity index (χ4n) is 2.64. The van der Waals surface area contributed by atoms with Gasteiger partial charge in [0.25, 0.3) is 5.69 Å². The molecular formula is C19H12F6N4O4. The van der Waals surface area contributed by atoms with E-state index in [9.17, 15) is 41.3 Å². The highest BCUT2D eigenvalue weighted by molar-refractivity contribution is 5.91. The molecule has 2 aromatic carbocycles. The summed E-state index contributed by atoms with van der Waals surface area (Å²) < 4.78 is 82.4. The molecule has 0 atom stereocenters. The predicted molar refractivity (Wildman–Crippen MR) is 100 cm³/mol. The number of nitrogens with zero attached hydrogens (tertiary/aromatic N) is 3. The second kappa shape index (κ2) is 8.80. The van der Waals surface area contributed by atoms with Gasteiger partial charge in [-0.2, -0.15) is 31.4 Å². The van der Waals surface area contributed by atoms with E-state index >= 15 is 0 Å². The SMILES string of the molecule is O=C(Cn1ccc(C(F)(F)F)n1)Nc1cc(Oc2cccc(C(F)(F)F)c2)cc([N+](=O)[O-])c1. The zero-order valence-electron chi connectivity index (χ0n) is 16.1. The van der Waals surface area contributed by atoms with Gasteiger partial charge >= 0.3 is 12.4 Å². The molecule has 0 aliphatic heterocycles. The molecule has 0 aliphatic rings. The Morgan fingerprint density at radius 1 is 1.03 bits per heavy atom. The molecule has 0 fully saturated rings. The second-order valence-corrected chi connectivity index (χ2v) is 6.54. The molecule has 14 heteroatoms. The molecule has 1 aromatic heterocycles. The first-order chi connectivity index (χ1) is 15.3. The van der Waals surface area contributed by atoms with E-state index in [4.69, 9.17) is 4.74 Å². The number of nitro benzene ring substituents is 1. The van der Waals surface area contributed by atoms with E-state index in [1.54, 1.807) is 0 Å². The molecule has 3 rings (SSSR count). The van der Waals surface area contributed by atoms with E-state index in [2.05, 4.69) is 10.4 Å². The van der Waals surface area contributed by atoms with Crippen LogP contribution >= 0.6 is 0 Å². The molecule has 33 heavy (non-hydrogen) atoms. The van der Waals surface area contributed by atoms with Crippen LogP contribution < -0.4 is 10.1 Å². The maximum absolute atomic E-state index is 12.9. The molecule has 0 radical (unpaired) electrons. The number of nitro groups is 1. The van der Waals surface area contributed by atoms with Crippen LogP contribution in [0.4, 0.5) is 37.7 Å². The lowest BCUT2D eigenvalue weighted by Gasteiger charge is -2.11. The Morgan fingerprint density at radius 2 is 1.76 bits per heavy atom. The van der Waals surface area contributed by atoms with E-state index in [0.717, 1.165) is 41.2 Å². The van der Waals surface area contributed by atoms with Gasteiger partial charge in [0.1, 0.15) is 18.0 Å². The molecular weight excluding hydrogens is 462 g/mol. The second-order valence-electron chi connectivity index (χ2n) is 6.54. The molecule has 0 saturated carbocycles. The van der Waals surface area contributed by atoms with Crippen LogP contribution in [0, 0.1) is 10.1 Å². The molecule has 0 spiro atoms. The Balaban J connectivity index is 1.79. The Labute approximate surface area is 180 Å². The first kappa shape index (κ1) is 23.6. The van der Waals surface area contributed by atoms with Crippen molar-refractivity contribution in [2.75, 3.05) is 5.32 Å². The molecule has 3 aromatic rings. The number of carbonyl (C=O) groups is 1. The monoisotopic (exact) mass is 474 g/mol. The molecule has 0 saturated heterocycles. The molecule has 8 nitrogen and oxygen atoms in total. The van der Waals surface area contributed by atoms with Crippen LogP contribution in [0.1, 0.15) is 11.3 Å². The first-order valence-electron chi connectivity index (χ1n) is 8.86. The van der Waals surface area contributed by atoms with Gasteiger partial charge in [-0.05, 0) is 24.3 Å². The number of amides is 1. The standard InChI is InChI=1S/C19H12F6N4O4/c20-18(21,22)11-2-1-3-14(6-11)33-15-8-12(7-13(9-15)29(31)32)26-17(30)10-28-5-4-16(27-28)19(23,24)25/h1-9H,10H2,(H,26,30). The summed E-state index contributed by atoms with van der Waals surface area (Å²) in [7, 11) is 0. The fraction of sp³-hybridized carbons (Fsp3) is 0.158. The molecule has 1 amide bonds. The summed E-state index contributed by atoms with van der Waals surface area (Å²) in [6.07, 6.45) is -8.41. The van der Waals surface area contributed by atoms with Crippen molar-refractivity contribution in [3.8, 4) is 11.5 Å². The third kappa shape index (κ3) is 6.21. The van der Waals surface area contributed by atoms with Crippen molar-refractivity contribution in [3.05, 3.63) is 76.1 Å². The zero-order chi connectivity index (χ0) is 24.4. The van der Waals surface area contributed by atoms with Crippen LogP contribution in [0.5, 0.6) is 11.5 Å². The van der Waals surface area contributed by atoms with Gasteiger partial charge in [-0.15, -0.1) is 0 Å². The zero-order valence-corrected chi connectivity index (χ0v) is 16.1. The number of nitrogens with one attached hydrogen (secondary N) is 1. The summed E-state index contributed by atoms with van der Waals surface area (Å²) in [6.45, 7) is -0.636. The predicted octanol–water partition coefficient (Wildman–Crippen LogP) is 5.26. The molecule has 0 aliphatic carbocycles. The number of hydrogen-bond donors (Lipinski definition) is 1. The maximum atomic E-state index is 12.9. The number of carbonyl (C=O) groups excluding carboxylic acids is 1. The van der Waals surface area contributed by atoms with Crippen LogP contribution in [0.2, 0.25) is 0 Å². The van der Waals surface area contributed by atoms with Crippen LogP contribution in [0.25, 0.3) is 0 Å². The van der Waals surface area contributed by atoms with Gasteiger partial charge in [0, 0.05) is 18.3 Å². The smallest absolute Gasteiger partial charge is 0.435 e. The van der Waals surface area contributed by atoms with E-state index in [-0.39, 0.29) is 17.2 Å². The Morgan fingerprint density at radius 3 is 2.36 bits per heavy atom. The molecule has 0 unspecified atom stereocenters. The quantitative estimate of drug-likeness (QED) is 0.299. The summed E-state index contributed by atoms with van der Waals surface area (Å²) in [5, 5.41) is 16.7. The Bertz CT molecular complexity index is 1190. The lowest BCUT2D eigenvalue weighted by Crippen LogP contribution is -2.19. The minimum absolute atomic E-state index is 0.167. The number of ether oxygens (including phenoxy) is 1. The fourth-order valence-corrected chi connectivity index (χ4v) is 2.64. The van der Waals surface area contributed by atoms with Crippen molar-refractivity contribution in [2.24, 2.45) is 0 Å². The maximum Gasteiger partial charge on any atom is 0.435 e. The van der Waals surface area contributed by atoms with Crippen molar-refractivity contribution in [1.82, 2.24) is 9.78 Å². The van der Waals surface area contributed by atoms with Crippen molar-refractivity contribution in [3.63, 3.8) is 0 Å². The molecule has 1 heterocycles. The third-order valence-electron chi connectivity index (χ3n) is 4.02. The Hall–Kier alpha value is -4.10. The first-order valence-corrected chi connectivity index (χ1v) is 8.86. The highest BCUT2D eigenvalue weighted by Crippen LogP contribution is 2.34. The molecule has 174 valence electrons. The number of hydrogen-bond acceptors (Lipinski definition) is 5. The summed E-state index contributed by atoms with van der Waals surface area (Å²) >= 11 is 0. The number of rotatable bonds is 6. The van der Waals surface area contributed by atoms with Crippen molar-refractivity contribution < 1.29 is 40.8 Å². The average Bonchev–Trinajstić information content (AvgIpc) is 3.16. The minimum Gasteiger partial charge on any atom is -0.457 e. The van der Waals surface area contributed by atoms with Gasteiger partial charge in [-0.1, -0.05) is 6.07 Å². The van der Waals surface area contributed by atoms with Crippen LogP contribution in [-0.2, 0) is 23.7 Å². The van der Waals surface area contributed by atoms with Gasteiger partial charge in [-0.25, -0.2) is 0 Å². The highest BCUT2D eigenvalue weighted by atomic mass is 19.4. The largest absolute Gasteiger partial charge is 0.457 e. The Kier molecular flexibility index (Phi) is 6.28. The number of aromatic nitrogens is 2. The van der Waals surface area contributed by atoms with E-state index in [1.807, 2.05) is 0 Å². The average molecular weight is 474 g/mol. The van der Waals surface area contributed by atoms with Gasteiger partial charge in [0.15, 0.2) is 5.69 Å². The van der Waals surface area contributed by atoms with Crippen LogP contribution in [0.15, 0.2) is 54.7 Å². The highest BCUT2D eigenvalue weighted by Gasteiger charge is 2.33. The summed E-state index contributed by atoms with van der Waals surface area (Å²) in [4.78, 5) is 22.5. The summed E-state index contributed by atoms with van der Waals surface area (Å²) in [5.74, 6) is -1.38. The van der Waals surface area contributed by atoms with Crippen molar-refractivity contribution in [2.45, 2.75) is 18.9 Å². The molecule has 0 bridgehead atoms. The van der Waals surface area contributed by atoms with Crippen LogP contribution in [-0.4, -0.2) is 20.6 Å². The van der Waals surface area contributed by atoms with E-state index < -0.39 is 46.7 Å². The number of non-ortho nitro benzene ring substituents is 1. The van der Waals surface area contributed by atoms with E-state index in [1.165, 1.54) is 6.07 Å². The van der Waals surface area contributed by atoms with Crippen molar-refractivity contribution in [1.29, 1.82) is 0 Å². The summed E-state index contributed by atoms with van der Waals surface area (Å²) in [6, 6.07) is 7.43. The minimum atomic E-state index is -4.70. The van der Waals surface area contributed by atoms with Gasteiger partial charge in [-0.3, -0.25) is 19.6 Å².